The van der Waals surface area contributed by atoms with E-state index in [0.717, 1.165) is 6.42 Å². The lowest BCUT2D eigenvalue weighted by molar-refractivity contribution is -0.114. The van der Waals surface area contributed by atoms with Gasteiger partial charge in [-0.2, -0.15) is 0 Å². The van der Waals surface area contributed by atoms with Gasteiger partial charge >= 0.3 is 0 Å². The van der Waals surface area contributed by atoms with Crippen LogP contribution in [0.5, 0.6) is 0 Å². The number of carbonyl (C=O) groups is 1. The zero-order valence-corrected chi connectivity index (χ0v) is 13.5. The second-order valence-corrected chi connectivity index (χ2v) is 12.5. The van der Waals surface area contributed by atoms with Crippen LogP contribution < -0.4 is 0 Å². The van der Waals surface area contributed by atoms with Crippen LogP contribution in [0.25, 0.3) is 0 Å². The number of carbonyl (C=O) groups excluding carboxylic acids is 1. The highest BCUT2D eigenvalue weighted by molar-refractivity contribution is 6.93. The molecule has 1 rings (SSSR count). The van der Waals surface area contributed by atoms with Crippen LogP contribution in [0, 0.1) is 5.92 Å². The van der Waals surface area contributed by atoms with Crippen LogP contribution in [0.15, 0.2) is 11.3 Å². The van der Waals surface area contributed by atoms with Crippen molar-refractivity contribution in [2.75, 3.05) is 0 Å². The Morgan fingerprint density at radius 2 is 1.47 bits per heavy atom. The summed E-state index contributed by atoms with van der Waals surface area (Å²) in [5.41, 5.74) is 1.92. The second kappa shape index (κ2) is 5.09. The van der Waals surface area contributed by atoms with Gasteiger partial charge in [0.05, 0.1) is 8.07 Å². The fraction of sp³-hybridized carbons (Fsp3) is 0.800. The van der Waals surface area contributed by atoms with E-state index in [-0.39, 0.29) is 0 Å². The molecule has 0 heterocycles. The monoisotopic (exact) mass is 252 g/mol. The molecule has 1 atom stereocenters. The van der Waals surface area contributed by atoms with Crippen molar-refractivity contribution in [2.24, 2.45) is 5.92 Å². The van der Waals surface area contributed by atoms with Gasteiger partial charge < -0.3 is 0 Å². The smallest absolute Gasteiger partial charge is 0.155 e. The normalized spacial score (nSPS) is 21.9. The maximum atomic E-state index is 12.3. The van der Waals surface area contributed by atoms with Gasteiger partial charge in [0.15, 0.2) is 5.78 Å². The first-order valence-electron chi connectivity index (χ1n) is 7.00. The number of hydrogen-bond acceptors (Lipinski definition) is 1. The van der Waals surface area contributed by atoms with Crippen LogP contribution in [-0.2, 0) is 4.79 Å². The summed E-state index contributed by atoms with van der Waals surface area (Å²) >= 11 is 0. The molecular weight excluding hydrogens is 224 g/mol. The fourth-order valence-electron chi connectivity index (χ4n) is 4.16. The molecule has 0 radical (unpaired) electrons. The lowest BCUT2D eigenvalue weighted by atomic mass is 10.2. The number of allylic oxidation sites excluding steroid dienone is 2. The second-order valence-electron chi connectivity index (χ2n) is 6.58. The summed E-state index contributed by atoms with van der Waals surface area (Å²) in [6, 6.07) is 0. The van der Waals surface area contributed by atoms with E-state index in [1.165, 1.54) is 5.20 Å². The third-order valence-electron chi connectivity index (χ3n) is 4.59. The van der Waals surface area contributed by atoms with Gasteiger partial charge in [-0.1, -0.05) is 54.5 Å². The van der Waals surface area contributed by atoms with E-state index in [4.69, 9.17) is 0 Å². The van der Waals surface area contributed by atoms with Crippen LogP contribution in [0.4, 0.5) is 0 Å². The molecule has 2 heteroatoms. The summed E-state index contributed by atoms with van der Waals surface area (Å²) in [5, 5.41) is 1.25. The number of rotatable bonds is 4. The molecule has 0 aromatic rings. The Labute approximate surface area is 108 Å². The average molecular weight is 252 g/mol. The van der Waals surface area contributed by atoms with Crippen molar-refractivity contribution in [2.45, 2.75) is 71.5 Å². The first-order chi connectivity index (χ1) is 7.74. The zero-order chi connectivity index (χ0) is 13.4. The molecule has 17 heavy (non-hydrogen) atoms. The Morgan fingerprint density at radius 1 is 1.06 bits per heavy atom. The number of ketones is 1. The molecule has 0 fully saturated rings. The van der Waals surface area contributed by atoms with E-state index in [9.17, 15) is 4.79 Å². The summed E-state index contributed by atoms with van der Waals surface area (Å²) in [6.45, 7) is 16.1. The minimum Gasteiger partial charge on any atom is -0.295 e. The molecule has 1 aliphatic rings. The van der Waals surface area contributed by atoms with E-state index in [2.05, 4.69) is 54.5 Å². The first-order valence-corrected chi connectivity index (χ1v) is 9.23. The standard InChI is InChI=1S/C15H28OSi/c1-10(2)17(11(3)4,12(5)6)15-9-13(7)8-14(15)16/h9-13H,8H2,1-7H3. The number of hydrogen-bond donors (Lipinski definition) is 0. The number of Topliss-reactive ketones (excluding diaryl/α,β-unsaturated/α-hetero) is 1. The van der Waals surface area contributed by atoms with Crippen molar-refractivity contribution in [3.05, 3.63) is 11.3 Å². The van der Waals surface area contributed by atoms with E-state index in [0.29, 0.717) is 28.3 Å². The van der Waals surface area contributed by atoms with E-state index in [1.807, 2.05) is 0 Å². The molecule has 0 saturated heterocycles. The van der Waals surface area contributed by atoms with Crippen LogP contribution in [0.3, 0.4) is 0 Å². The van der Waals surface area contributed by atoms with Gasteiger partial charge in [-0.3, -0.25) is 4.79 Å². The van der Waals surface area contributed by atoms with Crippen molar-refractivity contribution < 1.29 is 4.79 Å². The Bertz CT molecular complexity index is 304. The van der Waals surface area contributed by atoms with Gasteiger partial charge in [0.1, 0.15) is 0 Å². The summed E-state index contributed by atoms with van der Waals surface area (Å²) in [7, 11) is -1.69. The Morgan fingerprint density at radius 3 is 1.71 bits per heavy atom. The molecule has 0 N–H and O–H groups in total. The SMILES string of the molecule is CC1C=C([Si](C(C)C)(C(C)C)C(C)C)C(=O)C1. The molecule has 0 aromatic heterocycles. The minimum absolute atomic E-state index is 0.445. The Hall–Kier alpha value is -0.373. The van der Waals surface area contributed by atoms with Crippen molar-refractivity contribution in [3.8, 4) is 0 Å². The molecule has 98 valence electrons. The highest BCUT2D eigenvalue weighted by Gasteiger charge is 2.49. The van der Waals surface area contributed by atoms with E-state index in [1.54, 1.807) is 0 Å². The quantitative estimate of drug-likeness (QED) is 0.661. The van der Waals surface area contributed by atoms with Crippen molar-refractivity contribution >= 4 is 13.9 Å². The molecule has 1 nitrogen and oxygen atoms in total. The van der Waals surface area contributed by atoms with Gasteiger partial charge in [0.2, 0.25) is 0 Å². The van der Waals surface area contributed by atoms with Gasteiger partial charge in [-0.15, -0.1) is 0 Å². The van der Waals surface area contributed by atoms with Gasteiger partial charge in [-0.25, -0.2) is 0 Å². The highest BCUT2D eigenvalue weighted by Crippen LogP contribution is 2.48. The molecule has 1 aliphatic carbocycles. The summed E-state index contributed by atoms with van der Waals surface area (Å²) < 4.78 is 0. The van der Waals surface area contributed by atoms with Crippen LogP contribution in [0.1, 0.15) is 54.9 Å². The molecule has 0 amide bonds. The molecule has 0 aliphatic heterocycles. The van der Waals surface area contributed by atoms with Gasteiger partial charge in [-0.05, 0) is 27.7 Å². The van der Waals surface area contributed by atoms with Crippen LogP contribution in [0.2, 0.25) is 16.6 Å². The molecule has 0 spiro atoms. The summed E-state index contributed by atoms with van der Waals surface area (Å²) in [6.07, 6.45) is 3.05. The van der Waals surface area contributed by atoms with Gasteiger partial charge in [0, 0.05) is 6.42 Å². The molecule has 1 unspecified atom stereocenters. The summed E-state index contributed by atoms with van der Waals surface area (Å²) in [4.78, 5) is 12.3. The minimum atomic E-state index is -1.69. The largest absolute Gasteiger partial charge is 0.295 e. The summed E-state index contributed by atoms with van der Waals surface area (Å²) in [5.74, 6) is 0.904. The third-order valence-corrected chi connectivity index (χ3v) is 11.7. The van der Waals surface area contributed by atoms with Crippen molar-refractivity contribution in [3.63, 3.8) is 0 Å². The topological polar surface area (TPSA) is 17.1 Å². The molecular formula is C15H28OSi. The maximum absolute atomic E-state index is 12.3. The van der Waals surface area contributed by atoms with Gasteiger partial charge in [0.25, 0.3) is 0 Å². The van der Waals surface area contributed by atoms with Crippen molar-refractivity contribution in [1.82, 2.24) is 0 Å². The predicted molar refractivity (Wildman–Crippen MR) is 77.9 cm³/mol. The average Bonchev–Trinajstić information content (AvgIpc) is 2.44. The predicted octanol–water partition coefficient (Wildman–Crippen LogP) is 4.74. The molecule has 0 saturated carbocycles. The van der Waals surface area contributed by atoms with Crippen LogP contribution >= 0.6 is 0 Å². The van der Waals surface area contributed by atoms with E-state index < -0.39 is 8.07 Å². The van der Waals surface area contributed by atoms with E-state index >= 15 is 0 Å². The molecule has 0 bridgehead atoms. The maximum Gasteiger partial charge on any atom is 0.155 e. The fourth-order valence-corrected chi connectivity index (χ4v) is 11.2. The zero-order valence-electron chi connectivity index (χ0n) is 12.5. The third kappa shape index (κ3) is 2.29. The Balaban J connectivity index is 3.33. The molecule has 0 aromatic carbocycles. The lowest BCUT2D eigenvalue weighted by Gasteiger charge is -2.43. The first kappa shape index (κ1) is 14.7. The van der Waals surface area contributed by atoms with Crippen LogP contribution in [-0.4, -0.2) is 13.9 Å². The lowest BCUT2D eigenvalue weighted by Crippen LogP contribution is -2.48. The van der Waals surface area contributed by atoms with Crippen molar-refractivity contribution in [1.29, 1.82) is 0 Å². The Kier molecular flexibility index (Phi) is 4.40. The highest BCUT2D eigenvalue weighted by atomic mass is 28.3.